The van der Waals surface area contributed by atoms with Crippen LogP contribution < -0.4 is 21.9 Å². The molecule has 3 rings (SSSR count). The Hall–Kier alpha value is -3.01. The maximum atomic E-state index is 13.5. The zero-order chi connectivity index (χ0) is 18.4. The number of anilines is 2. The number of thiophene rings is 1. The predicted octanol–water partition coefficient (Wildman–Crippen LogP) is 3.60. The van der Waals surface area contributed by atoms with Gasteiger partial charge in [0.15, 0.2) is 0 Å². The Balaban J connectivity index is 2.30. The van der Waals surface area contributed by atoms with Crippen LogP contribution in [0.5, 0.6) is 5.06 Å². The summed E-state index contributed by atoms with van der Waals surface area (Å²) in [5.74, 6) is 0. The molecule has 0 aliphatic carbocycles. The standard InChI is InChI=1S/C15H11F3N4O2S/c16-15(17,18)8-5-9(6-2-1-3-7(19)4-6)22-12-10(8)11(20)13(25-12)24-14(21)23/h1-5H,19-20H2,(H2,21,23). The van der Waals surface area contributed by atoms with Crippen LogP contribution in [0.4, 0.5) is 29.3 Å². The lowest BCUT2D eigenvalue weighted by Gasteiger charge is -2.11. The molecule has 2 aromatic heterocycles. The molecule has 0 bridgehead atoms. The molecule has 6 N–H and O–H groups in total. The summed E-state index contributed by atoms with van der Waals surface area (Å²) in [7, 11) is 0. The number of fused-ring (bicyclic) bond motifs is 1. The lowest BCUT2D eigenvalue weighted by atomic mass is 10.1. The van der Waals surface area contributed by atoms with Crippen LogP contribution in [0.2, 0.25) is 0 Å². The molecule has 2 heterocycles. The number of nitrogens with zero attached hydrogens (tertiary/aromatic N) is 1. The lowest BCUT2D eigenvalue weighted by Crippen LogP contribution is -2.16. The Morgan fingerprint density at radius 3 is 2.52 bits per heavy atom. The van der Waals surface area contributed by atoms with E-state index < -0.39 is 17.8 Å². The molecule has 0 aliphatic heterocycles. The molecular weight excluding hydrogens is 357 g/mol. The third-order valence-corrected chi connectivity index (χ3v) is 4.32. The fourth-order valence-electron chi connectivity index (χ4n) is 2.34. The number of carbonyl (C=O) groups is 1. The van der Waals surface area contributed by atoms with E-state index in [1.165, 1.54) is 6.07 Å². The van der Waals surface area contributed by atoms with Gasteiger partial charge in [-0.3, -0.25) is 0 Å². The quantitative estimate of drug-likeness (QED) is 0.597. The van der Waals surface area contributed by atoms with Gasteiger partial charge in [0.1, 0.15) is 4.83 Å². The molecule has 10 heteroatoms. The van der Waals surface area contributed by atoms with Crippen LogP contribution in [0.3, 0.4) is 0 Å². The van der Waals surface area contributed by atoms with Crippen molar-refractivity contribution < 1.29 is 22.7 Å². The Labute approximate surface area is 143 Å². The second-order valence-electron chi connectivity index (χ2n) is 5.08. The first kappa shape index (κ1) is 16.8. The number of primary amides is 1. The van der Waals surface area contributed by atoms with Crippen molar-refractivity contribution in [3.05, 3.63) is 35.9 Å². The van der Waals surface area contributed by atoms with Gasteiger partial charge in [0.2, 0.25) is 5.06 Å². The van der Waals surface area contributed by atoms with Gasteiger partial charge in [-0.1, -0.05) is 23.5 Å². The minimum Gasteiger partial charge on any atom is -0.399 e. The number of alkyl halides is 3. The first-order chi connectivity index (χ1) is 11.7. The number of halogens is 3. The van der Waals surface area contributed by atoms with E-state index >= 15 is 0 Å². The third kappa shape index (κ3) is 3.15. The molecule has 1 aromatic carbocycles. The van der Waals surface area contributed by atoms with Gasteiger partial charge >= 0.3 is 12.3 Å². The van der Waals surface area contributed by atoms with E-state index in [1.807, 2.05) is 0 Å². The van der Waals surface area contributed by atoms with Crippen molar-refractivity contribution in [2.75, 3.05) is 11.5 Å². The summed E-state index contributed by atoms with van der Waals surface area (Å²) in [4.78, 5) is 15.1. The van der Waals surface area contributed by atoms with Crippen molar-refractivity contribution in [1.29, 1.82) is 0 Å². The Kier molecular flexibility index (Phi) is 3.91. The molecule has 130 valence electrons. The summed E-state index contributed by atoms with van der Waals surface area (Å²) in [6, 6.07) is 7.19. The summed E-state index contributed by atoms with van der Waals surface area (Å²) < 4.78 is 45.2. The number of nitrogen functional groups attached to an aromatic ring is 2. The highest BCUT2D eigenvalue weighted by Crippen LogP contribution is 2.46. The molecule has 0 unspecified atom stereocenters. The molecule has 25 heavy (non-hydrogen) atoms. The van der Waals surface area contributed by atoms with Crippen molar-refractivity contribution in [3.8, 4) is 16.3 Å². The van der Waals surface area contributed by atoms with Gasteiger partial charge in [-0.05, 0) is 18.2 Å². The zero-order valence-corrected chi connectivity index (χ0v) is 13.2. The van der Waals surface area contributed by atoms with Crippen LogP contribution >= 0.6 is 11.3 Å². The fourth-order valence-corrected chi connectivity index (χ4v) is 3.31. The Bertz CT molecular complexity index is 985. The van der Waals surface area contributed by atoms with E-state index in [2.05, 4.69) is 9.72 Å². The van der Waals surface area contributed by atoms with Gasteiger partial charge in [0.05, 0.1) is 22.3 Å². The second-order valence-corrected chi connectivity index (χ2v) is 6.04. The van der Waals surface area contributed by atoms with Crippen LogP contribution in [-0.2, 0) is 6.18 Å². The lowest BCUT2D eigenvalue weighted by molar-refractivity contribution is -0.136. The fraction of sp³-hybridized carbons (Fsp3) is 0.0667. The Morgan fingerprint density at radius 2 is 1.92 bits per heavy atom. The zero-order valence-electron chi connectivity index (χ0n) is 12.4. The largest absolute Gasteiger partial charge is 0.417 e. The molecule has 0 saturated carbocycles. The minimum absolute atomic E-state index is 0.0269. The highest BCUT2D eigenvalue weighted by Gasteiger charge is 2.36. The van der Waals surface area contributed by atoms with Gasteiger partial charge in [0, 0.05) is 11.3 Å². The van der Waals surface area contributed by atoms with E-state index in [0.29, 0.717) is 22.6 Å². The molecule has 3 aromatic rings. The Morgan fingerprint density at radius 1 is 1.20 bits per heavy atom. The first-order valence-electron chi connectivity index (χ1n) is 6.80. The van der Waals surface area contributed by atoms with Crippen LogP contribution in [0.15, 0.2) is 30.3 Å². The van der Waals surface area contributed by atoms with E-state index in [9.17, 15) is 18.0 Å². The average molecular weight is 368 g/mol. The monoisotopic (exact) mass is 368 g/mol. The number of hydrogen-bond donors (Lipinski definition) is 3. The number of hydrogen-bond acceptors (Lipinski definition) is 6. The van der Waals surface area contributed by atoms with Gasteiger partial charge in [-0.15, -0.1) is 0 Å². The normalized spacial score (nSPS) is 11.6. The number of aromatic nitrogens is 1. The second kappa shape index (κ2) is 5.81. The molecule has 0 atom stereocenters. The smallest absolute Gasteiger partial charge is 0.399 e. The number of nitrogens with two attached hydrogens (primary N) is 3. The summed E-state index contributed by atoms with van der Waals surface area (Å²) in [6.45, 7) is 0. The maximum absolute atomic E-state index is 13.5. The summed E-state index contributed by atoms with van der Waals surface area (Å²) in [6.07, 6.45) is -5.86. The summed E-state index contributed by atoms with van der Waals surface area (Å²) in [5.41, 5.74) is 15.9. The average Bonchev–Trinajstić information content (AvgIpc) is 2.81. The van der Waals surface area contributed by atoms with E-state index in [0.717, 1.165) is 6.07 Å². The van der Waals surface area contributed by atoms with Crippen molar-refractivity contribution >= 4 is 39.0 Å². The number of carbonyl (C=O) groups excluding carboxylic acids is 1. The van der Waals surface area contributed by atoms with E-state index in [4.69, 9.17) is 17.2 Å². The number of rotatable bonds is 2. The van der Waals surface area contributed by atoms with Gasteiger partial charge < -0.3 is 21.9 Å². The number of ether oxygens (including phenoxy) is 1. The van der Waals surface area contributed by atoms with E-state index in [-0.39, 0.29) is 26.7 Å². The van der Waals surface area contributed by atoms with Crippen molar-refractivity contribution in [1.82, 2.24) is 4.98 Å². The SMILES string of the molecule is NC(=O)Oc1sc2nc(-c3cccc(N)c3)cc(C(F)(F)F)c2c1N. The number of amides is 1. The maximum Gasteiger partial charge on any atom is 0.417 e. The van der Waals surface area contributed by atoms with Crippen LogP contribution in [0.25, 0.3) is 21.5 Å². The van der Waals surface area contributed by atoms with Gasteiger partial charge in [-0.25, -0.2) is 9.78 Å². The molecule has 0 radical (unpaired) electrons. The summed E-state index contributed by atoms with van der Waals surface area (Å²) >= 11 is 0.705. The molecular formula is C15H11F3N4O2S. The van der Waals surface area contributed by atoms with E-state index in [1.54, 1.807) is 18.2 Å². The number of benzene rings is 1. The van der Waals surface area contributed by atoms with Gasteiger partial charge in [0.25, 0.3) is 0 Å². The topological polar surface area (TPSA) is 117 Å². The van der Waals surface area contributed by atoms with Crippen molar-refractivity contribution in [3.63, 3.8) is 0 Å². The molecule has 6 nitrogen and oxygen atoms in total. The molecule has 0 fully saturated rings. The van der Waals surface area contributed by atoms with Crippen molar-refractivity contribution in [2.45, 2.75) is 6.18 Å². The van der Waals surface area contributed by atoms with Crippen molar-refractivity contribution in [2.24, 2.45) is 5.73 Å². The molecule has 1 amide bonds. The van der Waals surface area contributed by atoms with Gasteiger partial charge in [-0.2, -0.15) is 13.2 Å². The third-order valence-electron chi connectivity index (χ3n) is 3.35. The molecule has 0 spiro atoms. The predicted molar refractivity (Wildman–Crippen MR) is 89.1 cm³/mol. The molecule has 0 aliphatic rings. The number of pyridine rings is 1. The highest BCUT2D eigenvalue weighted by atomic mass is 32.1. The molecule has 0 saturated heterocycles. The minimum atomic E-state index is -4.69. The van der Waals surface area contributed by atoms with Crippen LogP contribution in [-0.4, -0.2) is 11.1 Å². The first-order valence-corrected chi connectivity index (χ1v) is 7.62. The highest BCUT2D eigenvalue weighted by molar-refractivity contribution is 7.21. The summed E-state index contributed by atoms with van der Waals surface area (Å²) in [5, 5.41) is -0.563. The van der Waals surface area contributed by atoms with Crippen LogP contribution in [0, 0.1) is 0 Å². The van der Waals surface area contributed by atoms with Crippen LogP contribution in [0.1, 0.15) is 5.56 Å².